The highest BCUT2D eigenvalue weighted by atomic mass is 35.5. The highest BCUT2D eigenvalue weighted by molar-refractivity contribution is 6.31. The minimum atomic E-state index is -1.16. The number of carboxylic acids is 1. The summed E-state index contributed by atoms with van der Waals surface area (Å²) in [7, 11) is 1.34. The Morgan fingerprint density at radius 2 is 1.70 bits per heavy atom. The molecule has 7 heteroatoms. The number of anilines is 2. The van der Waals surface area contributed by atoms with Gasteiger partial charge < -0.3 is 14.9 Å². The maximum absolute atomic E-state index is 14.9. The number of hydrogen-bond donors (Lipinski definition) is 1. The molecule has 1 N–H and O–H groups in total. The summed E-state index contributed by atoms with van der Waals surface area (Å²) in [4.78, 5) is 26.8. The Hall–Kier alpha value is -3.38. The van der Waals surface area contributed by atoms with Crippen molar-refractivity contribution in [3.05, 3.63) is 82.6 Å². The first kappa shape index (κ1) is 24.3. The van der Waals surface area contributed by atoms with Crippen molar-refractivity contribution >= 4 is 34.9 Å². The number of aryl methyl sites for hydroxylation is 1. The van der Waals surface area contributed by atoms with E-state index in [2.05, 4.69) is 4.90 Å². The summed E-state index contributed by atoms with van der Waals surface area (Å²) in [6.45, 7) is 6.10. The molecule has 0 aliphatic carbocycles. The highest BCUT2D eigenvalue weighted by Crippen LogP contribution is 2.32. The largest absolute Gasteiger partial charge is 0.480 e. The van der Waals surface area contributed by atoms with Gasteiger partial charge in [0, 0.05) is 30.0 Å². The number of carboxylic acid groups (broad SMARTS) is 1. The van der Waals surface area contributed by atoms with Gasteiger partial charge in [-0.1, -0.05) is 29.8 Å². The molecule has 5 nitrogen and oxygen atoms in total. The molecule has 0 aromatic heterocycles. The molecule has 33 heavy (non-hydrogen) atoms. The van der Waals surface area contributed by atoms with Crippen LogP contribution in [0.15, 0.2) is 60.7 Å². The van der Waals surface area contributed by atoms with Crippen LogP contribution in [0.2, 0.25) is 5.02 Å². The fourth-order valence-corrected chi connectivity index (χ4v) is 3.68. The van der Waals surface area contributed by atoms with Crippen LogP contribution in [0.1, 0.15) is 29.8 Å². The summed E-state index contributed by atoms with van der Waals surface area (Å²) in [6, 6.07) is 16.9. The molecule has 0 heterocycles. The van der Waals surface area contributed by atoms with Crippen LogP contribution in [-0.2, 0) is 4.79 Å². The van der Waals surface area contributed by atoms with Crippen LogP contribution in [0.25, 0.3) is 11.1 Å². The Labute approximate surface area is 198 Å². The lowest BCUT2D eigenvalue weighted by atomic mass is 10.0. The van der Waals surface area contributed by atoms with Gasteiger partial charge in [-0.25, -0.2) is 9.18 Å². The number of likely N-dealkylation sites (N-methyl/N-ethyl adjacent to an activating group) is 1. The molecule has 0 aliphatic heterocycles. The van der Waals surface area contributed by atoms with Crippen molar-refractivity contribution in [1.29, 1.82) is 0 Å². The standard InChI is InChI=1S/C26H26ClFN2O3/c1-5-30(21-10-12-23(27)16(2)13-21)20-8-6-7-18(14-20)19-9-11-22(24(28)15-19)25(31)29(4)17(3)26(32)33/h6-15,17H,5H2,1-4H3,(H,32,33)/t17-/m0/s1. The molecule has 1 amide bonds. The fraction of sp³-hybridized carbons (Fsp3) is 0.231. The Balaban J connectivity index is 1.92. The Morgan fingerprint density at radius 1 is 1.03 bits per heavy atom. The van der Waals surface area contributed by atoms with E-state index in [1.54, 1.807) is 6.07 Å². The van der Waals surface area contributed by atoms with E-state index < -0.39 is 23.7 Å². The van der Waals surface area contributed by atoms with Crippen LogP contribution >= 0.6 is 11.6 Å². The smallest absolute Gasteiger partial charge is 0.326 e. The number of halogens is 2. The molecule has 0 spiro atoms. The van der Waals surface area contributed by atoms with Crippen LogP contribution in [0.4, 0.5) is 15.8 Å². The zero-order chi connectivity index (χ0) is 24.3. The summed E-state index contributed by atoms with van der Waals surface area (Å²) in [5.74, 6) is -2.54. The van der Waals surface area contributed by atoms with Gasteiger partial charge in [0.2, 0.25) is 0 Å². The Bertz CT molecular complexity index is 1200. The SMILES string of the molecule is CCN(c1cccc(-c2ccc(C(=O)N(C)[C@@H](C)C(=O)O)c(F)c2)c1)c1ccc(Cl)c(C)c1. The van der Waals surface area contributed by atoms with Crippen molar-refractivity contribution in [3.8, 4) is 11.1 Å². The predicted octanol–water partition coefficient (Wildman–Crippen LogP) is 6.16. The number of amides is 1. The van der Waals surface area contributed by atoms with Gasteiger partial charge in [0.15, 0.2) is 0 Å². The number of carbonyl (C=O) groups is 2. The average molecular weight is 469 g/mol. The van der Waals surface area contributed by atoms with Gasteiger partial charge in [-0.05, 0) is 79.9 Å². The molecule has 3 rings (SSSR count). The first-order valence-corrected chi connectivity index (χ1v) is 11.0. The monoisotopic (exact) mass is 468 g/mol. The summed E-state index contributed by atoms with van der Waals surface area (Å²) in [5, 5.41) is 9.82. The minimum Gasteiger partial charge on any atom is -0.480 e. The lowest BCUT2D eigenvalue weighted by Crippen LogP contribution is -2.40. The number of carbonyl (C=O) groups excluding carboxylic acids is 1. The van der Waals surface area contributed by atoms with E-state index >= 15 is 0 Å². The van der Waals surface area contributed by atoms with Crippen molar-refractivity contribution < 1.29 is 19.1 Å². The van der Waals surface area contributed by atoms with Crippen molar-refractivity contribution in [2.45, 2.75) is 26.8 Å². The van der Waals surface area contributed by atoms with Gasteiger partial charge in [-0.15, -0.1) is 0 Å². The van der Waals surface area contributed by atoms with Gasteiger partial charge in [0.05, 0.1) is 5.56 Å². The number of hydrogen-bond acceptors (Lipinski definition) is 3. The summed E-state index contributed by atoms with van der Waals surface area (Å²) in [6.07, 6.45) is 0. The molecule has 0 saturated heterocycles. The third kappa shape index (κ3) is 5.17. The second-order valence-electron chi connectivity index (χ2n) is 7.85. The van der Waals surface area contributed by atoms with Crippen molar-refractivity contribution in [2.24, 2.45) is 0 Å². The van der Waals surface area contributed by atoms with E-state index in [1.165, 1.54) is 26.1 Å². The number of benzene rings is 3. The molecule has 0 fully saturated rings. The van der Waals surface area contributed by atoms with Crippen LogP contribution in [0.5, 0.6) is 0 Å². The van der Waals surface area contributed by atoms with Crippen LogP contribution in [0.3, 0.4) is 0 Å². The molecule has 0 radical (unpaired) electrons. The lowest BCUT2D eigenvalue weighted by Gasteiger charge is -2.24. The number of aliphatic carboxylic acids is 1. The first-order valence-electron chi connectivity index (χ1n) is 10.6. The quantitative estimate of drug-likeness (QED) is 0.451. The second-order valence-corrected chi connectivity index (χ2v) is 8.26. The lowest BCUT2D eigenvalue weighted by molar-refractivity contribution is -0.141. The second kappa shape index (κ2) is 10.0. The van der Waals surface area contributed by atoms with Crippen LogP contribution in [0, 0.1) is 12.7 Å². The van der Waals surface area contributed by atoms with Crippen LogP contribution in [-0.4, -0.2) is 41.5 Å². The minimum absolute atomic E-state index is 0.169. The first-order chi connectivity index (χ1) is 15.6. The van der Waals surface area contributed by atoms with Gasteiger partial charge in [0.1, 0.15) is 11.9 Å². The topological polar surface area (TPSA) is 60.9 Å². The molecule has 1 atom stereocenters. The fourth-order valence-electron chi connectivity index (χ4n) is 3.56. The third-order valence-electron chi connectivity index (χ3n) is 5.72. The molecule has 0 unspecified atom stereocenters. The molecule has 0 bridgehead atoms. The van der Waals surface area contributed by atoms with E-state index in [1.807, 2.05) is 56.3 Å². The zero-order valence-corrected chi connectivity index (χ0v) is 19.7. The van der Waals surface area contributed by atoms with Crippen molar-refractivity contribution in [1.82, 2.24) is 4.90 Å². The van der Waals surface area contributed by atoms with E-state index in [4.69, 9.17) is 16.7 Å². The summed E-state index contributed by atoms with van der Waals surface area (Å²) in [5.41, 5.74) is 4.15. The molecule has 0 aliphatic rings. The normalized spacial score (nSPS) is 11.7. The van der Waals surface area contributed by atoms with E-state index in [0.29, 0.717) is 10.6 Å². The molecule has 172 valence electrons. The number of nitrogens with zero attached hydrogens (tertiary/aromatic N) is 2. The van der Waals surface area contributed by atoms with Gasteiger partial charge in [-0.3, -0.25) is 4.79 Å². The van der Waals surface area contributed by atoms with Crippen molar-refractivity contribution in [2.75, 3.05) is 18.5 Å². The molecule has 3 aromatic rings. The average Bonchev–Trinajstić information content (AvgIpc) is 2.80. The maximum atomic E-state index is 14.9. The predicted molar refractivity (Wildman–Crippen MR) is 130 cm³/mol. The Morgan fingerprint density at radius 3 is 2.30 bits per heavy atom. The zero-order valence-electron chi connectivity index (χ0n) is 19.0. The summed E-state index contributed by atoms with van der Waals surface area (Å²) >= 11 is 6.17. The summed E-state index contributed by atoms with van der Waals surface area (Å²) < 4.78 is 14.9. The Kier molecular flexibility index (Phi) is 7.39. The third-order valence-corrected chi connectivity index (χ3v) is 6.14. The van der Waals surface area contributed by atoms with Gasteiger partial charge >= 0.3 is 5.97 Å². The van der Waals surface area contributed by atoms with E-state index in [-0.39, 0.29) is 5.56 Å². The number of rotatable bonds is 7. The van der Waals surface area contributed by atoms with Crippen LogP contribution < -0.4 is 4.90 Å². The highest BCUT2D eigenvalue weighted by Gasteiger charge is 2.25. The van der Waals surface area contributed by atoms with Gasteiger partial charge in [-0.2, -0.15) is 0 Å². The molecular formula is C26H26ClFN2O3. The van der Waals surface area contributed by atoms with E-state index in [0.717, 1.165) is 33.9 Å². The molecule has 3 aromatic carbocycles. The van der Waals surface area contributed by atoms with Crippen molar-refractivity contribution in [3.63, 3.8) is 0 Å². The van der Waals surface area contributed by atoms with E-state index in [9.17, 15) is 14.0 Å². The maximum Gasteiger partial charge on any atom is 0.326 e. The van der Waals surface area contributed by atoms with Gasteiger partial charge in [0.25, 0.3) is 5.91 Å². The molecular weight excluding hydrogens is 443 g/mol. The molecule has 0 saturated carbocycles.